The van der Waals surface area contributed by atoms with Gasteiger partial charge in [-0.15, -0.1) is 0 Å². The minimum absolute atomic E-state index is 0.0760. The maximum Gasteiger partial charge on any atom is 0.407 e. The van der Waals surface area contributed by atoms with E-state index in [1.807, 2.05) is 101 Å². The Hall–Kier alpha value is -7.88. The molecule has 0 spiro atoms. The highest BCUT2D eigenvalue weighted by Crippen LogP contribution is 2.44. The predicted molar refractivity (Wildman–Crippen MR) is 386 cm³/mol. The number of nitrogens with one attached hydrogen (secondary N) is 1. The van der Waals surface area contributed by atoms with Crippen LogP contribution in [-0.2, 0) is 71.8 Å². The molecule has 3 aromatic rings. The van der Waals surface area contributed by atoms with Gasteiger partial charge in [0, 0.05) is 62.2 Å². The first-order valence-electron chi connectivity index (χ1n) is 35.6. The molecular formula is C81H105NO22. The van der Waals surface area contributed by atoms with Crippen LogP contribution in [0.4, 0.5) is 4.79 Å². The zero-order valence-electron chi connectivity index (χ0n) is 61.0. The van der Waals surface area contributed by atoms with Crippen LogP contribution in [-0.4, -0.2) is 177 Å². The number of aliphatic hydroxyl groups excluding tert-OH is 4. The molecule has 5 N–H and O–H groups in total. The maximum absolute atomic E-state index is 14.4. The van der Waals surface area contributed by atoms with Crippen molar-refractivity contribution < 1.29 is 106 Å². The van der Waals surface area contributed by atoms with Crippen molar-refractivity contribution >= 4 is 24.0 Å². The van der Waals surface area contributed by atoms with Crippen molar-refractivity contribution in [1.82, 2.24) is 5.32 Å². The fourth-order valence-electron chi connectivity index (χ4n) is 13.0. The Morgan fingerprint density at radius 1 is 0.635 bits per heavy atom. The zero-order valence-corrected chi connectivity index (χ0v) is 61.0. The third-order valence-electron chi connectivity index (χ3n) is 19.1. The number of carbonyl (C=O) groups is 4. The number of allylic oxidation sites excluding steroid dienone is 12. The summed E-state index contributed by atoms with van der Waals surface area (Å²) in [6.07, 6.45) is 11.0. The lowest BCUT2D eigenvalue weighted by Gasteiger charge is -2.48. The van der Waals surface area contributed by atoms with Crippen LogP contribution in [0.15, 0.2) is 183 Å². The van der Waals surface area contributed by atoms with E-state index in [1.54, 1.807) is 112 Å². The molecule has 4 fully saturated rings. The lowest BCUT2D eigenvalue weighted by molar-refractivity contribution is -0.332. The molecule has 23 heteroatoms. The molecule has 0 aromatic heterocycles. The number of alkyl carbamates (subject to hydrolysis) is 1. The molecule has 4 saturated heterocycles. The van der Waals surface area contributed by atoms with Gasteiger partial charge in [-0.1, -0.05) is 181 Å². The number of aliphatic hydroxyl groups is 4. The van der Waals surface area contributed by atoms with Crippen molar-refractivity contribution in [3.8, 4) is 11.5 Å². The summed E-state index contributed by atoms with van der Waals surface area (Å²) in [7, 11) is 4.53. The Morgan fingerprint density at radius 2 is 1.20 bits per heavy atom. The number of cyclic esters (lactones) is 1. The van der Waals surface area contributed by atoms with Gasteiger partial charge in [0.1, 0.15) is 48.9 Å². The van der Waals surface area contributed by atoms with Gasteiger partial charge in [-0.25, -0.2) is 9.59 Å². The van der Waals surface area contributed by atoms with E-state index in [1.165, 1.54) is 19.3 Å². The number of amides is 1. The molecule has 3 aromatic carbocycles. The van der Waals surface area contributed by atoms with Crippen LogP contribution in [0.1, 0.15) is 133 Å². The van der Waals surface area contributed by atoms with E-state index in [2.05, 4.69) is 18.5 Å². The number of hydrogen-bond donors (Lipinski definition) is 5. The van der Waals surface area contributed by atoms with Gasteiger partial charge in [0.25, 0.3) is 0 Å². The molecule has 0 aliphatic carbocycles. The van der Waals surface area contributed by atoms with Crippen molar-refractivity contribution in [3.05, 3.63) is 205 Å². The molecule has 566 valence electrons. The summed E-state index contributed by atoms with van der Waals surface area (Å²) >= 11 is 0. The fourth-order valence-corrected chi connectivity index (χ4v) is 13.0. The van der Waals surface area contributed by atoms with Gasteiger partial charge in [-0.05, 0) is 67.1 Å². The first-order chi connectivity index (χ1) is 49.9. The van der Waals surface area contributed by atoms with Gasteiger partial charge in [0.05, 0.1) is 87.7 Å². The van der Waals surface area contributed by atoms with Crippen LogP contribution in [0.5, 0.6) is 11.5 Å². The Labute approximate surface area is 610 Å². The average Bonchev–Trinajstić information content (AvgIpc) is 0.771. The van der Waals surface area contributed by atoms with Crippen LogP contribution in [0.25, 0.3) is 0 Å². The van der Waals surface area contributed by atoms with Crippen LogP contribution in [0, 0.1) is 17.8 Å². The number of methoxy groups -OCH3 is 3. The molecule has 1 amide bonds. The molecule has 5 aliphatic heterocycles. The molecule has 0 radical (unpaired) electrons. The smallest absolute Gasteiger partial charge is 0.407 e. The highest BCUT2D eigenvalue weighted by molar-refractivity contribution is 5.89. The second kappa shape index (κ2) is 40.0. The van der Waals surface area contributed by atoms with E-state index in [-0.39, 0.29) is 75.1 Å². The Bertz CT molecular complexity index is 3450. The summed E-state index contributed by atoms with van der Waals surface area (Å²) in [5.41, 5.74) is 2.13. The minimum Gasteiger partial charge on any atom is -0.497 e. The molecule has 0 saturated carbocycles. The van der Waals surface area contributed by atoms with Gasteiger partial charge < -0.3 is 92.1 Å². The molecular weight excluding hydrogens is 1340 g/mol. The molecule has 8 rings (SSSR count). The lowest BCUT2D eigenvalue weighted by atomic mass is 9.82. The van der Waals surface area contributed by atoms with E-state index in [0.717, 1.165) is 5.56 Å². The van der Waals surface area contributed by atoms with Gasteiger partial charge in [0.2, 0.25) is 0 Å². The largest absolute Gasteiger partial charge is 0.497 e. The normalized spacial score (nSPS) is 34.4. The van der Waals surface area contributed by atoms with E-state index in [4.69, 9.17) is 66.3 Å². The second-order valence-corrected chi connectivity index (χ2v) is 27.7. The molecule has 5 heterocycles. The summed E-state index contributed by atoms with van der Waals surface area (Å²) in [5, 5.41) is 50.6. The van der Waals surface area contributed by atoms with Gasteiger partial charge in [0.15, 0.2) is 30.8 Å². The number of esters is 3. The third-order valence-corrected chi connectivity index (χ3v) is 19.1. The minimum atomic E-state index is -1.73. The van der Waals surface area contributed by atoms with Crippen LogP contribution in [0.2, 0.25) is 0 Å². The van der Waals surface area contributed by atoms with Crippen molar-refractivity contribution in [2.24, 2.45) is 17.8 Å². The molecule has 11 unspecified atom stereocenters. The number of fused-ring (bicyclic) bond motifs is 6. The SMILES string of the molecule is C=CCOC(=O)N[C@H]1[C@H](O)COC(OC2/C=C/C=C/C=C/C=C/C=C/C=C/C=C/[C@H](C)[C@@H](O)[C@@H](C)[C@H](C)OC(=O)CC3CC(CCC(O)C4CC(CC5(OC)C[C@H](O)C(C(=O)OCC=C)[C@H](C2)O5)OC(c2ccc(OC)cc2)O4)OC(c2ccc(OC)cc2)O3)[C@H]1OC(=O)c1ccc(C(C)(C)C)cc1. The van der Waals surface area contributed by atoms with Crippen molar-refractivity contribution in [1.29, 1.82) is 0 Å². The molecule has 6 bridgehead atoms. The van der Waals surface area contributed by atoms with E-state index >= 15 is 0 Å². The average molecular weight is 1440 g/mol. The monoisotopic (exact) mass is 1440 g/mol. The summed E-state index contributed by atoms with van der Waals surface area (Å²) in [6, 6.07) is 19.8. The first kappa shape index (κ1) is 81.8. The van der Waals surface area contributed by atoms with E-state index in [0.29, 0.717) is 29.0 Å². The molecule has 20 atom stereocenters. The van der Waals surface area contributed by atoms with Crippen LogP contribution in [0.3, 0.4) is 0 Å². The standard InChI is InChI=1S/C81H105NO22/c1-12-42-94-75(89)70-65(84)49-81(93-11)48-63-46-67(102-77(101-63)56-32-38-59(92-10)39-33-56)64(83)41-40-61-44-62(100-76(98-61)55-30-36-58(91-9)37-31-55)47-69(86)97-53(5)52(4)72(87)51(3)26-24-22-20-18-16-14-15-17-19-21-23-25-27-60(45-68(70)104-81)99-78-73(71(66(85)50-96-78)82-79(90)95-43-13-2)103-74(88)54-28-34-57(35-29-54)80(6,7)8/h12-39,51-53,60-68,70-73,76-78,83-85,87H,1-2,40-50H2,3-11H3,(H,82,90)/b15-14+,18-16+,19-17+,22-20+,23-21+,26-24+,27-25+/t51-,52-,53-,60?,61?,62?,63?,64?,65-,66+,67?,68-,70?,71-,72+,73-,76?,77?,78?,81?/m0/s1. The molecule has 5 aliphatic rings. The first-order valence-corrected chi connectivity index (χ1v) is 35.6. The number of hydrogen-bond acceptors (Lipinski definition) is 22. The number of ether oxygens (including phenoxy) is 14. The van der Waals surface area contributed by atoms with Crippen molar-refractivity contribution in [2.45, 2.75) is 202 Å². The van der Waals surface area contributed by atoms with Crippen molar-refractivity contribution in [2.75, 3.05) is 41.2 Å². The second-order valence-electron chi connectivity index (χ2n) is 27.7. The highest BCUT2D eigenvalue weighted by atomic mass is 16.7. The number of rotatable bonds is 15. The van der Waals surface area contributed by atoms with Gasteiger partial charge >= 0.3 is 24.0 Å². The summed E-state index contributed by atoms with van der Waals surface area (Å²) in [6.45, 7) is 18.2. The highest BCUT2D eigenvalue weighted by Gasteiger charge is 2.54. The summed E-state index contributed by atoms with van der Waals surface area (Å²) in [4.78, 5) is 55.9. The Morgan fingerprint density at radius 3 is 1.79 bits per heavy atom. The summed E-state index contributed by atoms with van der Waals surface area (Å²) < 4.78 is 87.2. The zero-order chi connectivity index (χ0) is 74.9. The summed E-state index contributed by atoms with van der Waals surface area (Å²) in [5.74, 6) is -4.79. The Kier molecular flexibility index (Phi) is 31.5. The quantitative estimate of drug-likeness (QED) is 0.0537. The van der Waals surface area contributed by atoms with Crippen LogP contribution < -0.4 is 14.8 Å². The predicted octanol–water partition coefficient (Wildman–Crippen LogP) is 11.3. The van der Waals surface area contributed by atoms with Gasteiger partial charge in [-0.3, -0.25) is 9.59 Å². The van der Waals surface area contributed by atoms with E-state index < -0.39 is 146 Å². The number of benzene rings is 3. The van der Waals surface area contributed by atoms with E-state index in [9.17, 15) is 39.6 Å². The lowest BCUT2D eigenvalue weighted by Crippen LogP contribution is -2.63. The molecule has 104 heavy (non-hydrogen) atoms. The topological polar surface area (TPSA) is 290 Å². The Balaban J connectivity index is 1.16. The molecule has 23 nitrogen and oxygen atoms in total. The van der Waals surface area contributed by atoms with Gasteiger partial charge in [-0.2, -0.15) is 0 Å². The fraction of sp³-hybridized carbons (Fsp3) is 0.506. The van der Waals surface area contributed by atoms with Crippen molar-refractivity contribution in [3.63, 3.8) is 0 Å². The third kappa shape index (κ3) is 23.8. The van der Waals surface area contributed by atoms with Crippen LogP contribution >= 0.6 is 0 Å². The number of carbonyl (C=O) groups excluding carboxylic acids is 4. The maximum atomic E-state index is 14.4.